The lowest BCUT2D eigenvalue weighted by molar-refractivity contribution is -0.118. The van der Waals surface area contributed by atoms with Gasteiger partial charge in [0.25, 0.3) is 0 Å². The van der Waals surface area contributed by atoms with Gasteiger partial charge in [-0.2, -0.15) is 0 Å². The lowest BCUT2D eigenvalue weighted by atomic mass is 10.1. The van der Waals surface area contributed by atoms with E-state index in [-0.39, 0.29) is 11.9 Å². The summed E-state index contributed by atoms with van der Waals surface area (Å²) in [7, 11) is 0. The van der Waals surface area contributed by atoms with Gasteiger partial charge in [0.2, 0.25) is 5.91 Å². The van der Waals surface area contributed by atoms with Gasteiger partial charge >= 0.3 is 0 Å². The topological polar surface area (TPSA) is 58.4 Å². The predicted molar refractivity (Wildman–Crippen MR) is 68.0 cm³/mol. The Labute approximate surface area is 101 Å². The molecule has 1 aliphatic carbocycles. The Morgan fingerprint density at radius 3 is 2.88 bits per heavy atom. The van der Waals surface area contributed by atoms with E-state index in [0.717, 1.165) is 12.2 Å². The third kappa shape index (κ3) is 2.07. The molecule has 0 aromatic heterocycles. The Hall–Kier alpha value is -1.71. The number of carbonyl (C=O) groups is 1. The van der Waals surface area contributed by atoms with Crippen LogP contribution in [-0.2, 0) is 4.79 Å². The molecule has 0 saturated heterocycles. The highest BCUT2D eigenvalue weighted by Crippen LogP contribution is 2.38. The maximum absolute atomic E-state index is 11.0. The van der Waals surface area contributed by atoms with Gasteiger partial charge in [0, 0.05) is 19.0 Å². The van der Waals surface area contributed by atoms with Crippen molar-refractivity contribution < 1.29 is 4.79 Å². The number of hydrogen-bond acceptors (Lipinski definition) is 3. The van der Waals surface area contributed by atoms with Crippen molar-refractivity contribution >= 4 is 17.3 Å². The Morgan fingerprint density at radius 2 is 2.18 bits per heavy atom. The highest BCUT2D eigenvalue weighted by atomic mass is 16.1. The molecule has 90 valence electrons. The van der Waals surface area contributed by atoms with Crippen LogP contribution in [0.25, 0.3) is 0 Å². The summed E-state index contributed by atoms with van der Waals surface area (Å²) in [5.41, 5.74) is 7.67. The molecule has 3 N–H and O–H groups in total. The Bertz CT molecular complexity index is 442. The number of hydrogen-bond donors (Lipinski definition) is 2. The van der Waals surface area contributed by atoms with Gasteiger partial charge in [-0.3, -0.25) is 4.79 Å². The molecule has 1 heterocycles. The number of nitrogens with two attached hydrogens (primary N) is 1. The van der Waals surface area contributed by atoms with Gasteiger partial charge in [0.15, 0.2) is 0 Å². The van der Waals surface area contributed by atoms with E-state index in [0.29, 0.717) is 12.5 Å². The molecule has 1 fully saturated rings. The van der Waals surface area contributed by atoms with Crippen molar-refractivity contribution in [3.8, 4) is 0 Å². The number of primary amides is 1. The average Bonchev–Trinajstić information content (AvgIpc) is 3.11. The minimum absolute atomic E-state index is 0.142. The number of benzene rings is 1. The highest BCUT2D eigenvalue weighted by molar-refractivity contribution is 5.78. The minimum atomic E-state index is -0.238. The number of anilines is 2. The summed E-state index contributed by atoms with van der Waals surface area (Å²) in [6.45, 7) is 0.880. The third-order valence-electron chi connectivity index (χ3n) is 3.43. The van der Waals surface area contributed by atoms with Gasteiger partial charge in [0.1, 0.15) is 0 Å². The maximum atomic E-state index is 11.0. The number of para-hydroxylation sites is 2. The zero-order chi connectivity index (χ0) is 11.8. The molecular weight excluding hydrogens is 214 g/mol. The van der Waals surface area contributed by atoms with Gasteiger partial charge in [-0.05, 0) is 25.0 Å². The lowest BCUT2D eigenvalue weighted by Gasteiger charge is -2.37. The molecule has 1 aromatic carbocycles. The average molecular weight is 231 g/mol. The van der Waals surface area contributed by atoms with Crippen LogP contribution in [0.2, 0.25) is 0 Å². The quantitative estimate of drug-likeness (QED) is 0.825. The largest absolute Gasteiger partial charge is 0.378 e. The first kappa shape index (κ1) is 10.4. The van der Waals surface area contributed by atoms with E-state index in [1.54, 1.807) is 0 Å². The number of amides is 1. The van der Waals surface area contributed by atoms with E-state index < -0.39 is 0 Å². The molecule has 0 bridgehead atoms. The van der Waals surface area contributed by atoms with E-state index in [2.05, 4.69) is 28.4 Å². The molecule has 0 radical (unpaired) electrons. The van der Waals surface area contributed by atoms with Crippen LogP contribution in [0.3, 0.4) is 0 Å². The van der Waals surface area contributed by atoms with Crippen molar-refractivity contribution in [1.29, 1.82) is 0 Å². The van der Waals surface area contributed by atoms with Crippen molar-refractivity contribution in [2.24, 2.45) is 5.73 Å². The second-order valence-corrected chi connectivity index (χ2v) is 4.91. The van der Waals surface area contributed by atoms with Gasteiger partial charge in [0.05, 0.1) is 17.4 Å². The van der Waals surface area contributed by atoms with Crippen LogP contribution in [0.15, 0.2) is 24.3 Å². The van der Waals surface area contributed by atoms with Crippen LogP contribution in [0, 0.1) is 0 Å². The minimum Gasteiger partial charge on any atom is -0.378 e. The van der Waals surface area contributed by atoms with E-state index in [4.69, 9.17) is 5.73 Å². The fourth-order valence-electron chi connectivity index (χ4n) is 2.54. The standard InChI is InChI=1S/C13H17N3O/c14-13(17)7-9-8-16(10-5-6-10)12-4-2-1-3-11(12)15-9/h1-4,9-10,15H,5-8H2,(H2,14,17). The summed E-state index contributed by atoms with van der Waals surface area (Å²) < 4.78 is 0. The second kappa shape index (κ2) is 3.95. The molecule has 1 amide bonds. The number of fused-ring (bicyclic) bond motifs is 1. The first-order chi connectivity index (χ1) is 8.24. The zero-order valence-electron chi connectivity index (χ0n) is 9.73. The SMILES string of the molecule is NC(=O)CC1CN(C2CC2)c2ccccc2N1. The fraction of sp³-hybridized carbons (Fsp3) is 0.462. The zero-order valence-corrected chi connectivity index (χ0v) is 9.73. The molecule has 3 rings (SSSR count). The molecule has 1 aliphatic heterocycles. The molecule has 1 unspecified atom stereocenters. The van der Waals surface area contributed by atoms with Crippen molar-refractivity contribution in [3.05, 3.63) is 24.3 Å². The first-order valence-electron chi connectivity index (χ1n) is 6.14. The summed E-state index contributed by atoms with van der Waals surface area (Å²) in [5.74, 6) is -0.238. The Morgan fingerprint density at radius 1 is 1.41 bits per heavy atom. The van der Waals surface area contributed by atoms with E-state index in [9.17, 15) is 4.79 Å². The molecule has 1 atom stereocenters. The summed E-state index contributed by atoms with van der Waals surface area (Å²) in [6.07, 6.45) is 2.92. The Balaban J connectivity index is 1.86. The van der Waals surface area contributed by atoms with Crippen molar-refractivity contribution in [2.75, 3.05) is 16.8 Å². The van der Waals surface area contributed by atoms with Crippen LogP contribution in [-0.4, -0.2) is 24.5 Å². The Kier molecular flexibility index (Phi) is 2.42. The number of nitrogens with one attached hydrogen (secondary N) is 1. The molecule has 0 spiro atoms. The monoisotopic (exact) mass is 231 g/mol. The lowest BCUT2D eigenvalue weighted by Crippen LogP contribution is -2.44. The van der Waals surface area contributed by atoms with Crippen LogP contribution in [0.4, 0.5) is 11.4 Å². The van der Waals surface area contributed by atoms with Gasteiger partial charge in [-0.15, -0.1) is 0 Å². The molecule has 17 heavy (non-hydrogen) atoms. The fourth-order valence-corrected chi connectivity index (χ4v) is 2.54. The molecule has 2 aliphatic rings. The molecule has 1 saturated carbocycles. The van der Waals surface area contributed by atoms with Crippen LogP contribution in [0.1, 0.15) is 19.3 Å². The van der Waals surface area contributed by atoms with E-state index in [1.807, 2.05) is 6.07 Å². The van der Waals surface area contributed by atoms with Gasteiger partial charge < -0.3 is 16.0 Å². The smallest absolute Gasteiger partial charge is 0.219 e. The maximum Gasteiger partial charge on any atom is 0.219 e. The number of rotatable bonds is 3. The van der Waals surface area contributed by atoms with E-state index >= 15 is 0 Å². The molecular formula is C13H17N3O. The normalized spacial score (nSPS) is 22.8. The van der Waals surface area contributed by atoms with Gasteiger partial charge in [-0.1, -0.05) is 12.1 Å². The van der Waals surface area contributed by atoms with Gasteiger partial charge in [-0.25, -0.2) is 0 Å². The van der Waals surface area contributed by atoms with Crippen LogP contribution >= 0.6 is 0 Å². The summed E-state index contributed by atoms with van der Waals surface area (Å²) in [5, 5.41) is 3.40. The van der Waals surface area contributed by atoms with Crippen LogP contribution in [0.5, 0.6) is 0 Å². The number of nitrogens with zero attached hydrogens (tertiary/aromatic N) is 1. The van der Waals surface area contributed by atoms with E-state index in [1.165, 1.54) is 18.5 Å². The highest BCUT2D eigenvalue weighted by Gasteiger charge is 2.34. The summed E-state index contributed by atoms with van der Waals surface area (Å²) in [4.78, 5) is 13.5. The molecule has 4 heteroatoms. The predicted octanol–water partition coefficient (Wildman–Crippen LogP) is 1.32. The van der Waals surface area contributed by atoms with Crippen molar-refractivity contribution in [3.63, 3.8) is 0 Å². The van der Waals surface area contributed by atoms with Crippen LogP contribution < -0.4 is 16.0 Å². The molecule has 4 nitrogen and oxygen atoms in total. The van der Waals surface area contributed by atoms with Crippen molar-refractivity contribution in [1.82, 2.24) is 0 Å². The second-order valence-electron chi connectivity index (χ2n) is 4.91. The first-order valence-corrected chi connectivity index (χ1v) is 6.14. The molecule has 1 aromatic rings. The summed E-state index contributed by atoms with van der Waals surface area (Å²) in [6, 6.07) is 9.09. The number of carbonyl (C=O) groups excluding carboxylic acids is 1. The third-order valence-corrected chi connectivity index (χ3v) is 3.43. The van der Waals surface area contributed by atoms with Crippen molar-refractivity contribution in [2.45, 2.75) is 31.3 Å². The summed E-state index contributed by atoms with van der Waals surface area (Å²) >= 11 is 0.